The molecule has 1 fully saturated rings. The van der Waals surface area contributed by atoms with E-state index in [9.17, 15) is 4.79 Å². The second kappa shape index (κ2) is 6.89. The topological polar surface area (TPSA) is 26.3 Å². The van der Waals surface area contributed by atoms with Crippen molar-refractivity contribution < 1.29 is 9.53 Å². The van der Waals surface area contributed by atoms with E-state index in [2.05, 4.69) is 18.2 Å². The van der Waals surface area contributed by atoms with Gasteiger partial charge in [0.2, 0.25) is 0 Å². The van der Waals surface area contributed by atoms with Gasteiger partial charge in [0, 0.05) is 6.08 Å². The van der Waals surface area contributed by atoms with Crippen molar-refractivity contribution in [1.29, 1.82) is 0 Å². The number of rotatable bonds is 1. The van der Waals surface area contributed by atoms with Gasteiger partial charge in [0.25, 0.3) is 0 Å². The maximum Gasteiger partial charge on any atom is 0.329 e. The Balaban J connectivity index is 0.000000202. The summed E-state index contributed by atoms with van der Waals surface area (Å²) >= 11 is 0. The highest BCUT2D eigenvalue weighted by Crippen LogP contribution is 2.22. The molecule has 70 valence electrons. The maximum absolute atomic E-state index is 9.84. The fourth-order valence-electron chi connectivity index (χ4n) is 1.21. The zero-order valence-corrected chi connectivity index (χ0v) is 8.01. The lowest BCUT2D eigenvalue weighted by Crippen LogP contribution is -1.91. The summed E-state index contributed by atoms with van der Waals surface area (Å²) in [4.78, 5) is 9.84. The molecule has 1 aliphatic rings. The predicted molar refractivity (Wildman–Crippen MR) is 49.8 cm³/mol. The van der Waals surface area contributed by atoms with Crippen LogP contribution in [0.3, 0.4) is 0 Å². The van der Waals surface area contributed by atoms with Gasteiger partial charge in [0.1, 0.15) is 0 Å². The molecule has 0 saturated heterocycles. The van der Waals surface area contributed by atoms with Gasteiger partial charge in [-0.2, -0.15) is 0 Å². The molecule has 1 rings (SSSR count). The van der Waals surface area contributed by atoms with Crippen molar-refractivity contribution in [2.75, 3.05) is 7.11 Å². The summed E-state index contributed by atoms with van der Waals surface area (Å²) in [7, 11) is 1.31. The Labute approximate surface area is 74.6 Å². The summed E-state index contributed by atoms with van der Waals surface area (Å²) in [5.74, 6) is 0.653. The molecule has 0 amide bonds. The second-order valence-corrected chi connectivity index (χ2v) is 3.12. The van der Waals surface area contributed by atoms with Crippen LogP contribution in [0, 0.1) is 5.92 Å². The van der Waals surface area contributed by atoms with E-state index < -0.39 is 5.97 Å². The number of carbonyl (C=O) groups excluding carboxylic acids is 1. The van der Waals surface area contributed by atoms with Crippen molar-refractivity contribution in [3.63, 3.8) is 0 Å². The molecule has 0 aromatic heterocycles. The predicted octanol–water partition coefficient (Wildman–Crippen LogP) is 2.54. The molecular formula is C10H18O2. The summed E-state index contributed by atoms with van der Waals surface area (Å²) in [6.45, 7) is 5.50. The lowest BCUT2D eigenvalue weighted by Gasteiger charge is -1.91. The first-order chi connectivity index (χ1) is 5.70. The fourth-order valence-corrected chi connectivity index (χ4v) is 1.21. The molecule has 0 aromatic carbocycles. The molecule has 2 heteroatoms. The van der Waals surface area contributed by atoms with Crippen LogP contribution >= 0.6 is 0 Å². The number of hydrogen-bond acceptors (Lipinski definition) is 2. The molecule has 2 nitrogen and oxygen atoms in total. The Kier molecular flexibility index (Phi) is 6.44. The minimum absolute atomic E-state index is 0.394. The number of hydrogen-bond donors (Lipinski definition) is 0. The van der Waals surface area contributed by atoms with Crippen molar-refractivity contribution in [1.82, 2.24) is 0 Å². The van der Waals surface area contributed by atoms with Crippen LogP contribution < -0.4 is 0 Å². The van der Waals surface area contributed by atoms with Gasteiger partial charge in [-0.05, 0) is 5.92 Å². The third kappa shape index (κ3) is 5.96. The molecule has 1 aliphatic carbocycles. The highest BCUT2D eigenvalue weighted by Gasteiger charge is 2.07. The normalized spacial score (nSPS) is 16.2. The molecule has 1 saturated carbocycles. The van der Waals surface area contributed by atoms with E-state index >= 15 is 0 Å². The van der Waals surface area contributed by atoms with E-state index in [4.69, 9.17) is 0 Å². The van der Waals surface area contributed by atoms with Crippen LogP contribution in [0.5, 0.6) is 0 Å². The Morgan fingerprint density at radius 2 is 2.00 bits per heavy atom. The summed E-state index contributed by atoms with van der Waals surface area (Å²) < 4.78 is 4.14. The molecule has 0 N–H and O–H groups in total. The Bertz CT molecular complexity index is 135. The third-order valence-corrected chi connectivity index (χ3v) is 2.01. The minimum atomic E-state index is -0.394. The third-order valence-electron chi connectivity index (χ3n) is 2.01. The van der Waals surface area contributed by atoms with E-state index in [1.165, 1.54) is 32.8 Å². The number of esters is 1. The van der Waals surface area contributed by atoms with Gasteiger partial charge in [-0.25, -0.2) is 4.79 Å². The van der Waals surface area contributed by atoms with Crippen molar-refractivity contribution >= 4 is 5.97 Å². The SMILES string of the molecule is C=CC(=O)OC.CC1CCCC1. The van der Waals surface area contributed by atoms with Gasteiger partial charge in [-0.1, -0.05) is 39.2 Å². The number of carbonyl (C=O) groups is 1. The quantitative estimate of drug-likeness (QED) is 0.446. The molecule has 0 spiro atoms. The molecular weight excluding hydrogens is 152 g/mol. The minimum Gasteiger partial charge on any atom is -0.466 e. The molecule has 0 unspecified atom stereocenters. The fraction of sp³-hybridized carbons (Fsp3) is 0.700. The van der Waals surface area contributed by atoms with Crippen LogP contribution in [-0.2, 0) is 9.53 Å². The largest absolute Gasteiger partial charge is 0.466 e. The number of ether oxygens (including phenoxy) is 1. The second-order valence-electron chi connectivity index (χ2n) is 3.12. The summed E-state index contributed by atoms with van der Waals surface area (Å²) in [5.41, 5.74) is 0. The highest BCUT2D eigenvalue weighted by atomic mass is 16.5. The van der Waals surface area contributed by atoms with Crippen LogP contribution in [0.2, 0.25) is 0 Å². The standard InChI is InChI=1S/C6H12.C4H6O2/c1-6-4-2-3-5-6;1-3-4(5)6-2/h6H,2-5H2,1H3;3H,1H2,2H3. The van der Waals surface area contributed by atoms with E-state index in [1.807, 2.05) is 0 Å². The smallest absolute Gasteiger partial charge is 0.329 e. The van der Waals surface area contributed by atoms with Crippen molar-refractivity contribution in [3.05, 3.63) is 12.7 Å². The average molecular weight is 170 g/mol. The Hall–Kier alpha value is -0.790. The van der Waals surface area contributed by atoms with Crippen LogP contribution in [0.4, 0.5) is 0 Å². The van der Waals surface area contributed by atoms with Crippen molar-refractivity contribution in [3.8, 4) is 0 Å². The van der Waals surface area contributed by atoms with E-state index in [-0.39, 0.29) is 0 Å². The zero-order chi connectivity index (χ0) is 9.40. The summed E-state index contributed by atoms with van der Waals surface area (Å²) in [6, 6.07) is 0. The zero-order valence-electron chi connectivity index (χ0n) is 8.01. The van der Waals surface area contributed by atoms with E-state index in [0.717, 1.165) is 12.0 Å². The van der Waals surface area contributed by atoms with Gasteiger partial charge in [-0.15, -0.1) is 0 Å². The summed E-state index contributed by atoms with van der Waals surface area (Å²) in [6.07, 6.45) is 7.06. The molecule has 0 atom stereocenters. The Morgan fingerprint density at radius 1 is 1.50 bits per heavy atom. The van der Waals surface area contributed by atoms with E-state index in [1.54, 1.807) is 0 Å². The molecule has 0 heterocycles. The first kappa shape index (κ1) is 11.2. The molecule has 0 aliphatic heterocycles. The molecule has 0 bridgehead atoms. The Morgan fingerprint density at radius 3 is 2.08 bits per heavy atom. The van der Waals surface area contributed by atoms with Gasteiger partial charge in [-0.3, -0.25) is 0 Å². The van der Waals surface area contributed by atoms with Gasteiger partial charge in [0.05, 0.1) is 7.11 Å². The molecule has 0 aromatic rings. The molecule has 12 heavy (non-hydrogen) atoms. The first-order valence-corrected chi connectivity index (χ1v) is 4.41. The van der Waals surface area contributed by atoms with Crippen molar-refractivity contribution in [2.24, 2.45) is 5.92 Å². The van der Waals surface area contributed by atoms with Crippen LogP contribution in [-0.4, -0.2) is 13.1 Å². The first-order valence-electron chi connectivity index (χ1n) is 4.41. The number of methoxy groups -OCH3 is 1. The monoisotopic (exact) mass is 170 g/mol. The lowest BCUT2D eigenvalue weighted by molar-refractivity contribution is -0.134. The lowest BCUT2D eigenvalue weighted by atomic mass is 10.2. The van der Waals surface area contributed by atoms with Crippen LogP contribution in [0.1, 0.15) is 32.6 Å². The van der Waals surface area contributed by atoms with Gasteiger partial charge in [0.15, 0.2) is 0 Å². The van der Waals surface area contributed by atoms with Crippen molar-refractivity contribution in [2.45, 2.75) is 32.6 Å². The molecule has 0 radical (unpaired) electrons. The summed E-state index contributed by atoms with van der Waals surface area (Å²) in [5, 5.41) is 0. The van der Waals surface area contributed by atoms with Gasteiger partial charge >= 0.3 is 5.97 Å². The van der Waals surface area contributed by atoms with E-state index in [0.29, 0.717) is 0 Å². The highest BCUT2D eigenvalue weighted by molar-refractivity contribution is 5.80. The van der Waals surface area contributed by atoms with Gasteiger partial charge < -0.3 is 4.74 Å². The van der Waals surface area contributed by atoms with Crippen LogP contribution in [0.15, 0.2) is 12.7 Å². The van der Waals surface area contributed by atoms with Crippen LogP contribution in [0.25, 0.3) is 0 Å². The maximum atomic E-state index is 9.84. The average Bonchev–Trinajstić information content (AvgIpc) is 2.55.